The molecule has 9 heteroatoms. The lowest BCUT2D eigenvalue weighted by Crippen LogP contribution is -2.38. The molecular formula is C47H94N4O5. The number of nitrogens with one attached hydrogen (secondary N) is 2. The molecule has 0 aliphatic carbocycles. The van der Waals surface area contributed by atoms with Crippen LogP contribution in [0.15, 0.2) is 4.99 Å². The third-order valence-electron chi connectivity index (χ3n) is 10.9. The molecule has 0 radical (unpaired) electrons. The van der Waals surface area contributed by atoms with E-state index in [-0.39, 0.29) is 18.0 Å². The zero-order valence-electron chi connectivity index (χ0n) is 37.9. The first kappa shape index (κ1) is 54.1. The second-order valence-electron chi connectivity index (χ2n) is 16.2. The summed E-state index contributed by atoms with van der Waals surface area (Å²) in [5.41, 5.74) is 2.78. The van der Waals surface area contributed by atoms with E-state index >= 15 is 0 Å². The summed E-state index contributed by atoms with van der Waals surface area (Å²) >= 11 is 0. The molecule has 9 nitrogen and oxygen atoms in total. The Morgan fingerprint density at radius 2 is 0.964 bits per heavy atom. The predicted molar refractivity (Wildman–Crippen MR) is 238 cm³/mol. The van der Waals surface area contributed by atoms with E-state index in [4.69, 9.17) is 14.3 Å². The van der Waals surface area contributed by atoms with Gasteiger partial charge in [-0.05, 0) is 83.8 Å². The summed E-state index contributed by atoms with van der Waals surface area (Å²) in [4.78, 5) is 36.7. The van der Waals surface area contributed by atoms with Crippen LogP contribution in [-0.2, 0) is 23.9 Å². The van der Waals surface area contributed by atoms with Gasteiger partial charge in [0, 0.05) is 26.4 Å². The van der Waals surface area contributed by atoms with Crippen LogP contribution in [0.1, 0.15) is 233 Å². The third kappa shape index (κ3) is 39.0. The number of nitrogens with zero attached hydrogens (tertiary/aromatic N) is 2. The monoisotopic (exact) mass is 795 g/mol. The Bertz CT molecular complexity index is 874. The molecule has 0 aliphatic heterocycles. The summed E-state index contributed by atoms with van der Waals surface area (Å²) < 4.78 is 11.5. The molecule has 2 N–H and O–H groups in total. The maximum Gasteiger partial charge on any atom is 0.306 e. The van der Waals surface area contributed by atoms with Crippen LogP contribution in [0.4, 0.5) is 0 Å². The van der Waals surface area contributed by atoms with Gasteiger partial charge in [-0.3, -0.25) is 19.4 Å². The molecule has 0 fully saturated rings. The molecule has 1 atom stereocenters. The topological polar surface area (TPSA) is 101 Å². The fraction of sp³-hybridized carbons (Fsp3) is 0.936. The average Bonchev–Trinajstić information content (AvgIpc) is 3.19. The molecule has 56 heavy (non-hydrogen) atoms. The molecule has 0 saturated carbocycles. The van der Waals surface area contributed by atoms with Gasteiger partial charge in [0.1, 0.15) is 6.10 Å². The molecule has 332 valence electrons. The first-order valence-corrected chi connectivity index (χ1v) is 24.1. The van der Waals surface area contributed by atoms with E-state index in [0.717, 1.165) is 77.5 Å². The van der Waals surface area contributed by atoms with Crippen LogP contribution in [0.25, 0.3) is 0 Å². The minimum absolute atomic E-state index is 0.0186. The van der Waals surface area contributed by atoms with Gasteiger partial charge in [-0.25, -0.2) is 5.48 Å². The molecular weight excluding hydrogens is 701 g/mol. The number of esters is 2. The minimum Gasteiger partial charge on any atom is -0.466 e. The van der Waals surface area contributed by atoms with Gasteiger partial charge in [0.05, 0.1) is 13.7 Å². The van der Waals surface area contributed by atoms with Gasteiger partial charge in [0.2, 0.25) is 5.96 Å². The lowest BCUT2D eigenvalue weighted by atomic mass is 10.0. The van der Waals surface area contributed by atoms with Crippen LogP contribution in [-0.4, -0.2) is 75.8 Å². The molecule has 0 aliphatic rings. The lowest BCUT2D eigenvalue weighted by Gasteiger charge is -2.22. The van der Waals surface area contributed by atoms with Crippen LogP contribution in [0, 0.1) is 0 Å². The van der Waals surface area contributed by atoms with Gasteiger partial charge in [0.25, 0.3) is 0 Å². The van der Waals surface area contributed by atoms with E-state index in [2.05, 4.69) is 41.5 Å². The van der Waals surface area contributed by atoms with Crippen molar-refractivity contribution >= 4 is 17.9 Å². The predicted octanol–water partition coefficient (Wildman–Crippen LogP) is 12.4. The van der Waals surface area contributed by atoms with Crippen LogP contribution >= 0.6 is 0 Å². The second-order valence-corrected chi connectivity index (χ2v) is 16.2. The highest BCUT2D eigenvalue weighted by molar-refractivity contribution is 5.78. The van der Waals surface area contributed by atoms with Crippen LogP contribution in [0.5, 0.6) is 0 Å². The van der Waals surface area contributed by atoms with Crippen molar-refractivity contribution in [1.29, 1.82) is 0 Å². The third-order valence-corrected chi connectivity index (χ3v) is 10.9. The Kier molecular flexibility index (Phi) is 42.8. The van der Waals surface area contributed by atoms with Gasteiger partial charge in [-0.15, -0.1) is 0 Å². The summed E-state index contributed by atoms with van der Waals surface area (Å²) in [6.07, 6.45) is 38.1. The Morgan fingerprint density at radius 1 is 0.536 bits per heavy atom. The summed E-state index contributed by atoms with van der Waals surface area (Å²) in [5, 5.41) is 3.31. The normalized spacial score (nSPS) is 12.3. The fourth-order valence-electron chi connectivity index (χ4n) is 7.32. The molecule has 0 amide bonds. The van der Waals surface area contributed by atoms with Crippen LogP contribution < -0.4 is 10.8 Å². The number of carbonyl (C=O) groups is 2. The van der Waals surface area contributed by atoms with Crippen LogP contribution in [0.2, 0.25) is 0 Å². The minimum atomic E-state index is -0.0244. The van der Waals surface area contributed by atoms with Gasteiger partial charge in [-0.1, -0.05) is 156 Å². The quantitative estimate of drug-likeness (QED) is 0.0207. The van der Waals surface area contributed by atoms with E-state index in [1.807, 2.05) is 0 Å². The number of hydrogen-bond donors (Lipinski definition) is 2. The number of carbonyl (C=O) groups excluding carboxylic acids is 2. The highest BCUT2D eigenvalue weighted by atomic mass is 16.6. The molecule has 1 unspecified atom stereocenters. The zero-order valence-corrected chi connectivity index (χ0v) is 37.9. The molecule has 0 aromatic rings. The van der Waals surface area contributed by atoms with E-state index in [1.54, 1.807) is 14.2 Å². The second kappa shape index (κ2) is 44.2. The van der Waals surface area contributed by atoms with Crippen LogP contribution in [0.3, 0.4) is 0 Å². The smallest absolute Gasteiger partial charge is 0.306 e. The highest BCUT2D eigenvalue weighted by Crippen LogP contribution is 2.18. The number of aliphatic imine (C=N–C) groups is 1. The standard InChI is InChI=1S/C47H94N4O5/c1-6-9-12-15-17-26-33-43-55-45(52)37-29-22-18-24-31-40-51(42-34-39-49-47(48-4)50-54-5)41-32-25-19-23-30-38-46(53)56-44(35-27-20-14-11-8-3)36-28-21-16-13-10-7-2/h44H,6-43H2,1-5H3,(H2,48,49,50). The van der Waals surface area contributed by atoms with Gasteiger partial charge in [-0.2, -0.15) is 0 Å². The molecule has 0 aromatic carbocycles. The summed E-state index contributed by atoms with van der Waals surface area (Å²) in [5.74, 6) is 0.647. The Hall–Kier alpha value is -1.87. The zero-order chi connectivity index (χ0) is 41.0. The number of hydrogen-bond acceptors (Lipinski definition) is 7. The molecule has 0 saturated heterocycles. The van der Waals surface area contributed by atoms with Crippen molar-refractivity contribution in [2.24, 2.45) is 4.99 Å². The van der Waals surface area contributed by atoms with E-state index in [9.17, 15) is 9.59 Å². The van der Waals surface area contributed by atoms with Crippen molar-refractivity contribution in [1.82, 2.24) is 15.7 Å². The van der Waals surface area contributed by atoms with Crippen molar-refractivity contribution in [2.75, 3.05) is 46.9 Å². The van der Waals surface area contributed by atoms with Gasteiger partial charge in [0.15, 0.2) is 0 Å². The Labute approximate surface area is 347 Å². The lowest BCUT2D eigenvalue weighted by molar-refractivity contribution is -0.150. The molecule has 0 heterocycles. The molecule has 0 bridgehead atoms. The van der Waals surface area contributed by atoms with Crippen molar-refractivity contribution < 1.29 is 23.9 Å². The molecule has 0 rings (SSSR count). The van der Waals surface area contributed by atoms with Crippen molar-refractivity contribution in [3.05, 3.63) is 0 Å². The number of guanidine groups is 1. The van der Waals surface area contributed by atoms with Crippen molar-refractivity contribution in [3.63, 3.8) is 0 Å². The number of unbranched alkanes of at least 4 members (excludes halogenated alkanes) is 23. The maximum atomic E-state index is 12.8. The average molecular weight is 795 g/mol. The number of rotatable bonds is 43. The SMILES string of the molecule is CCCCCCCCCOC(=O)CCCCCCCN(CCCCCCCC(=O)OC(CCCCCCC)CCCCCCCC)CCCNC(=NC)NOC. The maximum absolute atomic E-state index is 12.8. The first-order chi connectivity index (χ1) is 27.5. The number of hydroxylamine groups is 1. The first-order valence-electron chi connectivity index (χ1n) is 24.1. The molecule has 0 spiro atoms. The summed E-state index contributed by atoms with van der Waals surface area (Å²) in [6.45, 7) is 11.4. The fourth-order valence-corrected chi connectivity index (χ4v) is 7.32. The van der Waals surface area contributed by atoms with E-state index < -0.39 is 0 Å². The number of ether oxygens (including phenoxy) is 2. The Balaban J connectivity index is 4.39. The van der Waals surface area contributed by atoms with Crippen molar-refractivity contribution in [3.8, 4) is 0 Å². The van der Waals surface area contributed by atoms with Gasteiger partial charge < -0.3 is 19.7 Å². The van der Waals surface area contributed by atoms with E-state index in [0.29, 0.717) is 25.4 Å². The largest absolute Gasteiger partial charge is 0.466 e. The van der Waals surface area contributed by atoms with Crippen molar-refractivity contribution in [2.45, 2.75) is 239 Å². The summed E-state index contributed by atoms with van der Waals surface area (Å²) in [7, 11) is 3.34. The molecule has 0 aromatic heterocycles. The van der Waals surface area contributed by atoms with E-state index in [1.165, 1.54) is 148 Å². The van der Waals surface area contributed by atoms with Gasteiger partial charge >= 0.3 is 11.9 Å². The Morgan fingerprint density at radius 3 is 1.46 bits per heavy atom. The highest BCUT2D eigenvalue weighted by Gasteiger charge is 2.14. The summed E-state index contributed by atoms with van der Waals surface area (Å²) in [6, 6.07) is 0.